The average molecular weight is 223 g/mol. The van der Waals surface area contributed by atoms with Gasteiger partial charge in [-0.3, -0.25) is 4.90 Å². The van der Waals surface area contributed by atoms with Gasteiger partial charge in [-0.25, -0.2) is 0 Å². The highest BCUT2D eigenvalue weighted by Gasteiger charge is 2.24. The summed E-state index contributed by atoms with van der Waals surface area (Å²) in [5, 5.41) is 0.701. The molecule has 0 aromatic rings. The molecule has 0 aromatic carbocycles. The van der Waals surface area contributed by atoms with Crippen LogP contribution in [0, 0.1) is 5.92 Å². The molecule has 0 aromatic heterocycles. The van der Waals surface area contributed by atoms with Gasteiger partial charge < -0.3 is 5.73 Å². The maximum absolute atomic E-state index is 5.83. The number of rotatable bonds is 3. The third kappa shape index (κ3) is 3.47. The molecule has 1 aliphatic rings. The zero-order valence-corrected chi connectivity index (χ0v) is 9.35. The Morgan fingerprint density at radius 3 is 2.92 bits per heavy atom. The molecule has 0 saturated carbocycles. The first-order valence-electron chi connectivity index (χ1n) is 4.56. The number of likely N-dealkylation sites (tertiary alicyclic amines) is 1. The molecule has 0 radical (unpaired) electrons. The maximum atomic E-state index is 5.83. The molecule has 1 heterocycles. The molecule has 1 saturated heterocycles. The Morgan fingerprint density at radius 1 is 1.77 bits per heavy atom. The summed E-state index contributed by atoms with van der Waals surface area (Å²) in [6, 6.07) is 0.281. The van der Waals surface area contributed by atoms with E-state index in [4.69, 9.17) is 28.9 Å². The fourth-order valence-electron chi connectivity index (χ4n) is 1.68. The number of nitrogens with zero attached hydrogens (tertiary/aromatic N) is 1. The van der Waals surface area contributed by atoms with Gasteiger partial charge in [-0.2, -0.15) is 0 Å². The summed E-state index contributed by atoms with van der Waals surface area (Å²) < 4.78 is 0. The predicted molar refractivity (Wildman–Crippen MR) is 58.0 cm³/mol. The van der Waals surface area contributed by atoms with E-state index in [1.807, 2.05) is 0 Å². The molecule has 0 bridgehead atoms. The Hall–Kier alpha value is 0.240. The van der Waals surface area contributed by atoms with Gasteiger partial charge in [0.15, 0.2) is 0 Å². The van der Waals surface area contributed by atoms with E-state index in [-0.39, 0.29) is 6.04 Å². The molecule has 2 N–H and O–H groups in total. The molecule has 2 unspecified atom stereocenters. The van der Waals surface area contributed by atoms with Gasteiger partial charge in [0.1, 0.15) is 0 Å². The van der Waals surface area contributed by atoms with Crippen molar-refractivity contribution in [1.29, 1.82) is 0 Å². The van der Waals surface area contributed by atoms with Crippen LogP contribution in [0.4, 0.5) is 0 Å². The highest BCUT2D eigenvalue weighted by atomic mass is 35.5. The van der Waals surface area contributed by atoms with Crippen molar-refractivity contribution in [1.82, 2.24) is 4.90 Å². The standard InChI is InChI=1S/C9H16Cl2N2/c1-7(12)8-2-3-13(5-8)6-9(11)4-10/h4,7-8H,2-3,5-6,12H2,1H3. The minimum Gasteiger partial charge on any atom is -0.328 e. The third-order valence-corrected chi connectivity index (χ3v) is 3.15. The first kappa shape index (κ1) is 11.3. The van der Waals surface area contributed by atoms with Gasteiger partial charge in [-0.05, 0) is 25.8 Å². The number of hydrogen-bond acceptors (Lipinski definition) is 2. The first-order chi connectivity index (χ1) is 6.13. The van der Waals surface area contributed by atoms with Gasteiger partial charge in [0.25, 0.3) is 0 Å². The average Bonchev–Trinajstić information content (AvgIpc) is 2.52. The Morgan fingerprint density at radius 2 is 2.46 bits per heavy atom. The van der Waals surface area contributed by atoms with Crippen molar-refractivity contribution in [3.8, 4) is 0 Å². The molecule has 2 atom stereocenters. The lowest BCUT2D eigenvalue weighted by Gasteiger charge is -2.16. The molecule has 13 heavy (non-hydrogen) atoms. The first-order valence-corrected chi connectivity index (χ1v) is 5.37. The lowest BCUT2D eigenvalue weighted by molar-refractivity contribution is 0.344. The summed E-state index contributed by atoms with van der Waals surface area (Å²) in [5.41, 5.74) is 7.25. The van der Waals surface area contributed by atoms with Crippen LogP contribution in [-0.4, -0.2) is 30.6 Å². The van der Waals surface area contributed by atoms with Gasteiger partial charge in [0.05, 0.1) is 0 Å². The van der Waals surface area contributed by atoms with Crippen LogP contribution in [0.15, 0.2) is 10.6 Å². The van der Waals surface area contributed by atoms with Crippen LogP contribution in [-0.2, 0) is 0 Å². The molecular formula is C9H16Cl2N2. The van der Waals surface area contributed by atoms with Crippen LogP contribution < -0.4 is 5.73 Å². The second-order valence-corrected chi connectivity index (χ2v) is 4.40. The maximum Gasteiger partial charge on any atom is 0.0434 e. The molecule has 1 rings (SSSR count). The summed E-state index contributed by atoms with van der Waals surface area (Å²) in [7, 11) is 0. The molecule has 2 nitrogen and oxygen atoms in total. The summed E-state index contributed by atoms with van der Waals surface area (Å²) in [6.45, 7) is 4.94. The molecule has 76 valence electrons. The van der Waals surface area contributed by atoms with Crippen molar-refractivity contribution < 1.29 is 0 Å². The van der Waals surface area contributed by atoms with Crippen molar-refractivity contribution in [2.75, 3.05) is 19.6 Å². The van der Waals surface area contributed by atoms with E-state index in [2.05, 4.69) is 11.8 Å². The van der Waals surface area contributed by atoms with Crippen LogP contribution in [0.2, 0.25) is 0 Å². The molecule has 0 aliphatic carbocycles. The molecule has 0 amide bonds. The third-order valence-electron chi connectivity index (χ3n) is 2.55. The van der Waals surface area contributed by atoms with Crippen molar-refractivity contribution in [3.05, 3.63) is 10.6 Å². The van der Waals surface area contributed by atoms with Gasteiger partial charge in [0.2, 0.25) is 0 Å². The number of hydrogen-bond donors (Lipinski definition) is 1. The Balaban J connectivity index is 2.33. The molecular weight excluding hydrogens is 207 g/mol. The highest BCUT2D eigenvalue weighted by Crippen LogP contribution is 2.20. The van der Waals surface area contributed by atoms with E-state index in [1.165, 1.54) is 12.0 Å². The summed E-state index contributed by atoms with van der Waals surface area (Å²) >= 11 is 11.3. The minimum atomic E-state index is 0.281. The Kier molecular flexibility index (Phi) is 4.53. The largest absolute Gasteiger partial charge is 0.328 e. The molecule has 4 heteroatoms. The zero-order valence-electron chi connectivity index (χ0n) is 7.84. The van der Waals surface area contributed by atoms with Crippen molar-refractivity contribution in [2.24, 2.45) is 11.7 Å². The molecule has 0 spiro atoms. The van der Waals surface area contributed by atoms with Crippen LogP contribution in [0.5, 0.6) is 0 Å². The second-order valence-electron chi connectivity index (χ2n) is 3.70. The number of halogens is 2. The van der Waals surface area contributed by atoms with E-state index in [9.17, 15) is 0 Å². The van der Waals surface area contributed by atoms with Crippen LogP contribution >= 0.6 is 23.2 Å². The lowest BCUT2D eigenvalue weighted by Crippen LogP contribution is -2.30. The quantitative estimate of drug-likeness (QED) is 0.792. The van der Waals surface area contributed by atoms with Crippen molar-refractivity contribution in [3.63, 3.8) is 0 Å². The topological polar surface area (TPSA) is 29.3 Å². The summed E-state index contributed by atoms with van der Waals surface area (Å²) in [6.07, 6.45) is 1.17. The molecule has 1 fully saturated rings. The Bertz CT molecular complexity index is 192. The normalized spacial score (nSPS) is 28.0. The predicted octanol–water partition coefficient (Wildman–Crippen LogP) is 1.97. The van der Waals surface area contributed by atoms with Gasteiger partial charge in [-0.1, -0.05) is 23.2 Å². The fourth-order valence-corrected chi connectivity index (χ4v) is 1.92. The summed E-state index contributed by atoms with van der Waals surface area (Å²) in [5.74, 6) is 0.611. The lowest BCUT2D eigenvalue weighted by atomic mass is 10.0. The van der Waals surface area contributed by atoms with Gasteiger partial charge in [0, 0.05) is 29.7 Å². The highest BCUT2D eigenvalue weighted by molar-refractivity contribution is 6.36. The van der Waals surface area contributed by atoms with E-state index >= 15 is 0 Å². The minimum absolute atomic E-state index is 0.281. The van der Waals surface area contributed by atoms with E-state index in [1.54, 1.807) is 0 Å². The van der Waals surface area contributed by atoms with Crippen LogP contribution in [0.1, 0.15) is 13.3 Å². The van der Waals surface area contributed by atoms with E-state index in [0.29, 0.717) is 11.0 Å². The van der Waals surface area contributed by atoms with Crippen molar-refractivity contribution in [2.45, 2.75) is 19.4 Å². The number of nitrogens with two attached hydrogens (primary N) is 1. The fraction of sp³-hybridized carbons (Fsp3) is 0.778. The van der Waals surface area contributed by atoms with E-state index < -0.39 is 0 Å². The smallest absolute Gasteiger partial charge is 0.0434 e. The zero-order chi connectivity index (χ0) is 9.84. The monoisotopic (exact) mass is 222 g/mol. The van der Waals surface area contributed by atoms with Crippen LogP contribution in [0.25, 0.3) is 0 Å². The van der Waals surface area contributed by atoms with Gasteiger partial charge >= 0.3 is 0 Å². The Labute approximate surface area is 89.7 Å². The van der Waals surface area contributed by atoms with Crippen molar-refractivity contribution >= 4 is 23.2 Å². The second kappa shape index (κ2) is 5.20. The van der Waals surface area contributed by atoms with E-state index in [0.717, 1.165) is 19.6 Å². The van der Waals surface area contributed by atoms with Gasteiger partial charge in [-0.15, -0.1) is 0 Å². The SMILES string of the molecule is CC(N)C1CCN(CC(Cl)=CCl)C1. The summed E-state index contributed by atoms with van der Waals surface area (Å²) in [4.78, 5) is 2.29. The van der Waals surface area contributed by atoms with Crippen LogP contribution in [0.3, 0.4) is 0 Å². The molecule has 1 aliphatic heterocycles.